The first-order chi connectivity index (χ1) is 6.81. The second kappa shape index (κ2) is 4.30. The van der Waals surface area contributed by atoms with Crippen LogP contribution in [-0.2, 0) is 9.53 Å². The largest absolute Gasteiger partial charge is 0.468 e. The summed E-state index contributed by atoms with van der Waals surface area (Å²) in [5.41, 5.74) is 0. The fourth-order valence-electron chi connectivity index (χ4n) is 2.66. The van der Waals surface area contributed by atoms with E-state index in [9.17, 15) is 4.79 Å². The summed E-state index contributed by atoms with van der Waals surface area (Å²) in [7, 11) is 1.46. The zero-order chi connectivity index (χ0) is 9.97. The number of ether oxygens (including phenoxy) is 1. The van der Waals surface area contributed by atoms with Crippen LogP contribution >= 0.6 is 0 Å². The lowest BCUT2D eigenvalue weighted by molar-refractivity contribution is -0.146. The highest BCUT2D eigenvalue weighted by Gasteiger charge is 2.38. The van der Waals surface area contributed by atoms with Crippen LogP contribution in [-0.4, -0.2) is 25.2 Å². The molecule has 2 aliphatic rings. The second-order valence-electron chi connectivity index (χ2n) is 4.48. The quantitative estimate of drug-likeness (QED) is 0.681. The van der Waals surface area contributed by atoms with Crippen LogP contribution in [0.25, 0.3) is 0 Å². The van der Waals surface area contributed by atoms with Crippen LogP contribution in [0, 0.1) is 5.92 Å². The fourth-order valence-corrected chi connectivity index (χ4v) is 2.66. The zero-order valence-electron chi connectivity index (χ0n) is 8.79. The van der Waals surface area contributed by atoms with Crippen molar-refractivity contribution in [3.05, 3.63) is 0 Å². The standard InChI is InChI=1S/C11H19NO2/c1-14-11(13)10-7-9(12-10)8-5-3-2-4-6-8/h8-10,12H,2-7H2,1H3. The molecule has 3 nitrogen and oxygen atoms in total. The molecule has 0 bridgehead atoms. The second-order valence-corrected chi connectivity index (χ2v) is 4.48. The molecule has 2 rings (SSSR count). The minimum atomic E-state index is -0.0999. The van der Waals surface area contributed by atoms with E-state index in [0.717, 1.165) is 12.3 Å². The van der Waals surface area contributed by atoms with Gasteiger partial charge in [-0.25, -0.2) is 0 Å². The molecule has 1 saturated carbocycles. The van der Waals surface area contributed by atoms with Gasteiger partial charge in [-0.15, -0.1) is 0 Å². The molecule has 2 atom stereocenters. The smallest absolute Gasteiger partial charge is 0.322 e. The van der Waals surface area contributed by atoms with E-state index >= 15 is 0 Å². The van der Waals surface area contributed by atoms with Gasteiger partial charge in [0.1, 0.15) is 6.04 Å². The number of rotatable bonds is 2. The van der Waals surface area contributed by atoms with Crippen molar-refractivity contribution >= 4 is 5.97 Å². The fraction of sp³-hybridized carbons (Fsp3) is 0.909. The maximum Gasteiger partial charge on any atom is 0.322 e. The summed E-state index contributed by atoms with van der Waals surface area (Å²) < 4.78 is 4.69. The van der Waals surface area contributed by atoms with Gasteiger partial charge in [-0.05, 0) is 25.2 Å². The van der Waals surface area contributed by atoms with E-state index in [1.807, 2.05) is 0 Å². The molecule has 0 aromatic carbocycles. The van der Waals surface area contributed by atoms with Crippen molar-refractivity contribution in [2.24, 2.45) is 5.92 Å². The van der Waals surface area contributed by atoms with Gasteiger partial charge in [-0.2, -0.15) is 0 Å². The van der Waals surface area contributed by atoms with Gasteiger partial charge < -0.3 is 10.1 Å². The number of esters is 1. The summed E-state index contributed by atoms with van der Waals surface area (Å²) in [4.78, 5) is 11.1. The average molecular weight is 197 g/mol. The van der Waals surface area contributed by atoms with Gasteiger partial charge in [0.15, 0.2) is 0 Å². The Morgan fingerprint density at radius 2 is 1.93 bits per heavy atom. The van der Waals surface area contributed by atoms with Gasteiger partial charge in [0.05, 0.1) is 7.11 Å². The first kappa shape index (κ1) is 9.97. The Hall–Kier alpha value is -0.570. The van der Waals surface area contributed by atoms with E-state index in [1.165, 1.54) is 39.2 Å². The van der Waals surface area contributed by atoms with Gasteiger partial charge in [0.2, 0.25) is 0 Å². The molecule has 3 heteroatoms. The third kappa shape index (κ3) is 1.92. The number of nitrogens with one attached hydrogen (secondary N) is 1. The molecule has 14 heavy (non-hydrogen) atoms. The van der Waals surface area contributed by atoms with E-state index in [0.29, 0.717) is 6.04 Å². The third-order valence-electron chi connectivity index (χ3n) is 3.61. The lowest BCUT2D eigenvalue weighted by Gasteiger charge is -2.41. The molecule has 1 aliphatic heterocycles. The van der Waals surface area contributed by atoms with Crippen molar-refractivity contribution < 1.29 is 9.53 Å². The predicted molar refractivity (Wildman–Crippen MR) is 53.9 cm³/mol. The minimum absolute atomic E-state index is 0.0214. The van der Waals surface area contributed by atoms with E-state index in [-0.39, 0.29) is 12.0 Å². The maximum absolute atomic E-state index is 11.1. The lowest BCUT2D eigenvalue weighted by Crippen LogP contribution is -2.59. The van der Waals surface area contributed by atoms with Gasteiger partial charge in [0, 0.05) is 6.04 Å². The molecular weight excluding hydrogens is 178 g/mol. The van der Waals surface area contributed by atoms with Gasteiger partial charge in [-0.1, -0.05) is 19.3 Å². The Kier molecular flexibility index (Phi) is 3.06. The molecular formula is C11H19NO2. The summed E-state index contributed by atoms with van der Waals surface area (Å²) in [5, 5.41) is 3.33. The Morgan fingerprint density at radius 3 is 2.50 bits per heavy atom. The molecule has 0 amide bonds. The van der Waals surface area contributed by atoms with E-state index in [1.54, 1.807) is 0 Å². The Balaban J connectivity index is 1.73. The van der Waals surface area contributed by atoms with Crippen LogP contribution in [0.2, 0.25) is 0 Å². The normalized spacial score (nSPS) is 33.5. The maximum atomic E-state index is 11.1. The highest BCUT2D eigenvalue weighted by molar-refractivity contribution is 5.76. The van der Waals surface area contributed by atoms with E-state index in [4.69, 9.17) is 0 Å². The molecule has 80 valence electrons. The monoisotopic (exact) mass is 197 g/mol. The highest BCUT2D eigenvalue weighted by Crippen LogP contribution is 2.32. The van der Waals surface area contributed by atoms with Crippen molar-refractivity contribution in [2.75, 3.05) is 7.11 Å². The van der Waals surface area contributed by atoms with Crippen LogP contribution in [0.1, 0.15) is 38.5 Å². The van der Waals surface area contributed by atoms with Crippen molar-refractivity contribution in [3.8, 4) is 0 Å². The number of hydrogen-bond acceptors (Lipinski definition) is 3. The molecule has 0 aromatic rings. The Bertz CT molecular complexity index is 205. The number of hydrogen-bond donors (Lipinski definition) is 1. The number of carbonyl (C=O) groups is 1. The molecule has 0 radical (unpaired) electrons. The van der Waals surface area contributed by atoms with Gasteiger partial charge in [-0.3, -0.25) is 4.79 Å². The Labute approximate surface area is 85.2 Å². The lowest BCUT2D eigenvalue weighted by atomic mass is 9.77. The summed E-state index contributed by atoms with van der Waals surface area (Å²) >= 11 is 0. The minimum Gasteiger partial charge on any atom is -0.468 e. The van der Waals surface area contributed by atoms with E-state index in [2.05, 4.69) is 10.1 Å². The highest BCUT2D eigenvalue weighted by atomic mass is 16.5. The molecule has 0 aromatic heterocycles. The van der Waals surface area contributed by atoms with Gasteiger partial charge in [0.25, 0.3) is 0 Å². The van der Waals surface area contributed by atoms with Crippen molar-refractivity contribution in [2.45, 2.75) is 50.6 Å². The van der Waals surface area contributed by atoms with Crippen molar-refractivity contribution in [1.82, 2.24) is 5.32 Å². The van der Waals surface area contributed by atoms with Crippen LogP contribution < -0.4 is 5.32 Å². The molecule has 1 aliphatic carbocycles. The zero-order valence-corrected chi connectivity index (χ0v) is 8.79. The molecule has 1 heterocycles. The van der Waals surface area contributed by atoms with E-state index < -0.39 is 0 Å². The SMILES string of the molecule is COC(=O)C1CC(C2CCCCC2)N1. The number of carbonyl (C=O) groups excluding carboxylic acids is 1. The summed E-state index contributed by atoms with van der Waals surface area (Å²) in [6, 6.07) is 0.561. The third-order valence-corrected chi connectivity index (χ3v) is 3.61. The first-order valence-electron chi connectivity index (χ1n) is 5.65. The van der Waals surface area contributed by atoms with Crippen LogP contribution in [0.3, 0.4) is 0 Å². The molecule has 2 unspecified atom stereocenters. The summed E-state index contributed by atoms with van der Waals surface area (Å²) in [5.74, 6) is 0.710. The van der Waals surface area contributed by atoms with Crippen LogP contribution in [0.15, 0.2) is 0 Å². The average Bonchev–Trinajstić information content (AvgIpc) is 2.17. The number of methoxy groups -OCH3 is 1. The summed E-state index contributed by atoms with van der Waals surface area (Å²) in [6.45, 7) is 0. The first-order valence-corrected chi connectivity index (χ1v) is 5.65. The van der Waals surface area contributed by atoms with Crippen LogP contribution in [0.5, 0.6) is 0 Å². The topological polar surface area (TPSA) is 38.3 Å². The summed E-state index contributed by atoms with van der Waals surface area (Å²) in [6.07, 6.45) is 7.79. The van der Waals surface area contributed by atoms with Crippen molar-refractivity contribution in [3.63, 3.8) is 0 Å². The molecule has 0 spiro atoms. The predicted octanol–water partition coefficient (Wildman–Crippen LogP) is 1.47. The van der Waals surface area contributed by atoms with Crippen LogP contribution in [0.4, 0.5) is 0 Å². The van der Waals surface area contributed by atoms with Crippen molar-refractivity contribution in [1.29, 1.82) is 0 Å². The Morgan fingerprint density at radius 1 is 1.29 bits per heavy atom. The molecule has 1 N–H and O–H groups in total. The molecule has 1 saturated heterocycles. The van der Waals surface area contributed by atoms with Gasteiger partial charge >= 0.3 is 5.97 Å². The molecule has 2 fully saturated rings.